The van der Waals surface area contributed by atoms with Gasteiger partial charge in [-0.15, -0.1) is 0 Å². The van der Waals surface area contributed by atoms with Gasteiger partial charge in [0.15, 0.2) is 0 Å². The first kappa shape index (κ1) is 14.0. The summed E-state index contributed by atoms with van der Waals surface area (Å²) in [5, 5.41) is 3.50. The fourth-order valence-corrected chi connectivity index (χ4v) is 2.25. The largest absolute Gasteiger partial charge is 0.313 e. The van der Waals surface area contributed by atoms with E-state index in [1.54, 1.807) is 31.3 Å². The molecule has 2 rings (SSSR count). The number of hydrogen-bond acceptors (Lipinski definition) is 1. The monoisotopic (exact) mass is 281 g/mol. The topological polar surface area (TPSA) is 12.0 Å². The zero-order chi connectivity index (χ0) is 13.8. The van der Waals surface area contributed by atoms with Crippen LogP contribution in [0.5, 0.6) is 0 Å². The van der Waals surface area contributed by atoms with Gasteiger partial charge in [0, 0.05) is 16.6 Å². The van der Waals surface area contributed by atoms with Gasteiger partial charge in [0.25, 0.3) is 0 Å². The van der Waals surface area contributed by atoms with Gasteiger partial charge in [0.05, 0.1) is 0 Å². The Kier molecular flexibility index (Phi) is 4.51. The highest BCUT2D eigenvalue weighted by molar-refractivity contribution is 6.31. The Hall–Kier alpha value is -1.45. The molecule has 100 valence electrons. The van der Waals surface area contributed by atoms with E-state index in [-0.39, 0.29) is 17.7 Å². The Morgan fingerprint density at radius 2 is 1.79 bits per heavy atom. The van der Waals surface area contributed by atoms with Gasteiger partial charge in [0.1, 0.15) is 11.6 Å². The zero-order valence-corrected chi connectivity index (χ0v) is 11.2. The van der Waals surface area contributed by atoms with Gasteiger partial charge >= 0.3 is 0 Å². The number of halogens is 3. The average Bonchev–Trinajstić information content (AvgIpc) is 2.40. The van der Waals surface area contributed by atoms with Crippen LogP contribution in [-0.2, 0) is 6.42 Å². The lowest BCUT2D eigenvalue weighted by Crippen LogP contribution is -2.19. The summed E-state index contributed by atoms with van der Waals surface area (Å²) >= 11 is 6.02. The lowest BCUT2D eigenvalue weighted by atomic mass is 9.98. The number of likely N-dealkylation sites (N-methyl/N-ethyl adjacent to an activating group) is 1. The van der Waals surface area contributed by atoms with Crippen LogP contribution in [0.3, 0.4) is 0 Å². The lowest BCUT2D eigenvalue weighted by molar-refractivity contribution is 0.552. The number of hydrogen-bond donors (Lipinski definition) is 1. The van der Waals surface area contributed by atoms with Crippen LogP contribution in [0, 0.1) is 11.6 Å². The Balaban J connectivity index is 2.26. The molecule has 1 N–H and O–H groups in total. The van der Waals surface area contributed by atoms with Crippen molar-refractivity contribution < 1.29 is 8.78 Å². The van der Waals surface area contributed by atoms with Crippen molar-refractivity contribution in [3.8, 4) is 0 Å². The Bertz CT molecular complexity index is 534. The zero-order valence-electron chi connectivity index (χ0n) is 10.5. The molecule has 4 heteroatoms. The second-order valence-corrected chi connectivity index (χ2v) is 4.70. The average molecular weight is 282 g/mol. The van der Waals surface area contributed by atoms with Gasteiger partial charge in [-0.3, -0.25) is 0 Å². The third-order valence-corrected chi connectivity index (χ3v) is 3.44. The Morgan fingerprint density at radius 3 is 2.37 bits per heavy atom. The van der Waals surface area contributed by atoms with Crippen molar-refractivity contribution in [3.63, 3.8) is 0 Å². The normalized spacial score (nSPS) is 12.4. The molecule has 0 aliphatic rings. The van der Waals surface area contributed by atoms with Crippen molar-refractivity contribution in [2.45, 2.75) is 12.5 Å². The van der Waals surface area contributed by atoms with E-state index in [0.29, 0.717) is 17.0 Å². The third kappa shape index (κ3) is 3.31. The molecule has 2 aromatic rings. The SMILES string of the molecule is CNC(Cc1c(F)cccc1Cl)c1ccc(F)cc1. The van der Waals surface area contributed by atoms with E-state index in [4.69, 9.17) is 11.6 Å². The smallest absolute Gasteiger partial charge is 0.127 e. The predicted molar refractivity (Wildman–Crippen MR) is 73.3 cm³/mol. The molecule has 0 saturated carbocycles. The Labute approximate surface area is 116 Å². The van der Waals surface area contributed by atoms with E-state index in [2.05, 4.69) is 5.32 Å². The van der Waals surface area contributed by atoms with Crippen LogP contribution in [-0.4, -0.2) is 7.05 Å². The Morgan fingerprint density at radius 1 is 1.11 bits per heavy atom. The molecule has 0 radical (unpaired) electrons. The quantitative estimate of drug-likeness (QED) is 0.889. The molecule has 0 aromatic heterocycles. The lowest BCUT2D eigenvalue weighted by Gasteiger charge is -2.18. The van der Waals surface area contributed by atoms with Crippen LogP contribution >= 0.6 is 11.6 Å². The van der Waals surface area contributed by atoms with Crippen molar-refractivity contribution in [1.82, 2.24) is 5.32 Å². The van der Waals surface area contributed by atoms with E-state index in [1.165, 1.54) is 18.2 Å². The minimum absolute atomic E-state index is 0.116. The summed E-state index contributed by atoms with van der Waals surface area (Å²) in [4.78, 5) is 0. The van der Waals surface area contributed by atoms with Crippen LogP contribution in [0.2, 0.25) is 5.02 Å². The highest BCUT2D eigenvalue weighted by atomic mass is 35.5. The number of benzene rings is 2. The minimum atomic E-state index is -0.324. The van der Waals surface area contributed by atoms with Gasteiger partial charge < -0.3 is 5.32 Å². The molecule has 0 heterocycles. The van der Waals surface area contributed by atoms with Crippen LogP contribution in [0.15, 0.2) is 42.5 Å². The van der Waals surface area contributed by atoms with Crippen molar-refractivity contribution in [2.75, 3.05) is 7.05 Å². The fourth-order valence-electron chi connectivity index (χ4n) is 2.01. The van der Waals surface area contributed by atoms with E-state index in [0.717, 1.165) is 5.56 Å². The highest BCUT2D eigenvalue weighted by Crippen LogP contribution is 2.25. The second kappa shape index (κ2) is 6.13. The molecule has 19 heavy (non-hydrogen) atoms. The van der Waals surface area contributed by atoms with Gasteiger partial charge in [-0.25, -0.2) is 8.78 Å². The van der Waals surface area contributed by atoms with Gasteiger partial charge in [-0.2, -0.15) is 0 Å². The molecule has 1 unspecified atom stereocenters. The summed E-state index contributed by atoms with van der Waals surface area (Å²) in [5.74, 6) is -0.614. The maximum atomic E-state index is 13.8. The third-order valence-electron chi connectivity index (χ3n) is 3.09. The highest BCUT2D eigenvalue weighted by Gasteiger charge is 2.15. The first-order valence-electron chi connectivity index (χ1n) is 5.97. The molecular formula is C15H14ClF2N. The minimum Gasteiger partial charge on any atom is -0.313 e. The molecule has 0 bridgehead atoms. The number of rotatable bonds is 4. The molecular weight excluding hydrogens is 268 g/mol. The fraction of sp³-hybridized carbons (Fsp3) is 0.200. The van der Waals surface area contributed by atoms with Gasteiger partial charge in [0.2, 0.25) is 0 Å². The molecule has 0 fully saturated rings. The second-order valence-electron chi connectivity index (χ2n) is 4.30. The molecule has 0 saturated heterocycles. The summed E-state index contributed by atoms with van der Waals surface area (Å²) in [5.41, 5.74) is 1.36. The maximum Gasteiger partial charge on any atom is 0.127 e. The van der Waals surface area contributed by atoms with E-state index < -0.39 is 0 Å². The van der Waals surface area contributed by atoms with Crippen molar-refractivity contribution in [3.05, 3.63) is 70.2 Å². The standard InChI is InChI=1S/C15H14ClF2N/c1-19-15(10-5-7-11(17)8-6-10)9-12-13(16)3-2-4-14(12)18/h2-8,15,19H,9H2,1H3. The van der Waals surface area contributed by atoms with Gasteiger partial charge in [-0.05, 0) is 43.3 Å². The van der Waals surface area contributed by atoms with Crippen molar-refractivity contribution >= 4 is 11.6 Å². The summed E-state index contributed by atoms with van der Waals surface area (Å²) in [6, 6.07) is 10.7. The summed E-state index contributed by atoms with van der Waals surface area (Å²) < 4.78 is 26.7. The summed E-state index contributed by atoms with van der Waals surface area (Å²) in [7, 11) is 1.78. The molecule has 1 nitrogen and oxygen atoms in total. The van der Waals surface area contributed by atoms with Gasteiger partial charge in [-0.1, -0.05) is 29.8 Å². The maximum absolute atomic E-state index is 13.8. The first-order valence-corrected chi connectivity index (χ1v) is 6.35. The van der Waals surface area contributed by atoms with E-state index in [9.17, 15) is 8.78 Å². The first-order chi connectivity index (χ1) is 9.11. The van der Waals surface area contributed by atoms with Crippen LogP contribution in [0.25, 0.3) is 0 Å². The summed E-state index contributed by atoms with van der Waals surface area (Å²) in [6.45, 7) is 0. The molecule has 0 aliphatic carbocycles. The molecule has 2 aromatic carbocycles. The molecule has 1 atom stereocenters. The number of nitrogens with one attached hydrogen (secondary N) is 1. The molecule has 0 aliphatic heterocycles. The summed E-state index contributed by atoms with van der Waals surface area (Å²) in [6.07, 6.45) is 0.410. The molecule has 0 spiro atoms. The van der Waals surface area contributed by atoms with Crippen LogP contribution < -0.4 is 5.32 Å². The van der Waals surface area contributed by atoms with E-state index >= 15 is 0 Å². The van der Waals surface area contributed by atoms with Crippen LogP contribution in [0.4, 0.5) is 8.78 Å². The van der Waals surface area contributed by atoms with E-state index in [1.807, 2.05) is 0 Å². The predicted octanol–water partition coefficient (Wildman–Crippen LogP) is 4.12. The van der Waals surface area contributed by atoms with Crippen molar-refractivity contribution in [2.24, 2.45) is 0 Å². The molecule has 0 amide bonds. The van der Waals surface area contributed by atoms with Crippen LogP contribution in [0.1, 0.15) is 17.2 Å². The van der Waals surface area contributed by atoms with Crippen molar-refractivity contribution in [1.29, 1.82) is 0 Å².